The molecule has 1 aliphatic rings. The van der Waals surface area contributed by atoms with E-state index in [0.717, 1.165) is 11.8 Å². The van der Waals surface area contributed by atoms with Gasteiger partial charge >= 0.3 is 0 Å². The molecule has 13 heavy (non-hydrogen) atoms. The average Bonchev–Trinajstić information content (AvgIpc) is 2.62. The van der Waals surface area contributed by atoms with E-state index in [-0.39, 0.29) is 5.69 Å². The van der Waals surface area contributed by atoms with Crippen molar-refractivity contribution < 1.29 is 8.78 Å². The predicted molar refractivity (Wildman–Crippen MR) is 50.4 cm³/mol. The maximum absolute atomic E-state index is 13.2. The fourth-order valence-corrected chi connectivity index (χ4v) is 1.90. The number of benzene rings is 1. The minimum absolute atomic E-state index is 0.277. The Morgan fingerprint density at radius 1 is 1.31 bits per heavy atom. The molecule has 2 rings (SSSR count). The van der Waals surface area contributed by atoms with Crippen LogP contribution in [0.25, 0.3) is 0 Å². The maximum atomic E-state index is 13.2. The lowest BCUT2D eigenvalue weighted by Gasteiger charge is -2.14. The minimum Gasteiger partial charge on any atom is -0.289 e. The van der Waals surface area contributed by atoms with Crippen molar-refractivity contribution in [3.05, 3.63) is 42.1 Å². The summed E-state index contributed by atoms with van der Waals surface area (Å²) in [4.78, 5) is 0. The lowest BCUT2D eigenvalue weighted by Crippen LogP contribution is -2.04. The minimum atomic E-state index is -0.807. The van der Waals surface area contributed by atoms with Crippen molar-refractivity contribution in [1.29, 1.82) is 0 Å². The molecular weight excluding hydrogens is 192 g/mol. The zero-order chi connectivity index (χ0) is 9.26. The summed E-state index contributed by atoms with van der Waals surface area (Å²) in [6, 6.07) is 4.17. The molecule has 0 aromatic heterocycles. The van der Waals surface area contributed by atoms with Gasteiger partial charge in [0.1, 0.15) is 0 Å². The molecular formula is C9H7F2NS. The molecule has 0 amide bonds. The standard InChI is InChI=1S/C9H7F2NS/c10-7-3-1-4-8(9(7)11)12-5-2-6-13-12/h1-5H,6H2. The van der Waals surface area contributed by atoms with E-state index in [1.807, 2.05) is 6.08 Å². The van der Waals surface area contributed by atoms with Crippen LogP contribution in [0.5, 0.6) is 0 Å². The monoisotopic (exact) mass is 199 g/mol. The van der Waals surface area contributed by atoms with Crippen LogP contribution in [0.4, 0.5) is 14.5 Å². The number of nitrogens with zero attached hydrogens (tertiary/aromatic N) is 1. The zero-order valence-electron chi connectivity index (χ0n) is 6.71. The summed E-state index contributed by atoms with van der Waals surface area (Å²) < 4.78 is 27.6. The second-order valence-electron chi connectivity index (χ2n) is 2.58. The Hall–Kier alpha value is -1.03. The number of halogens is 2. The van der Waals surface area contributed by atoms with Crippen LogP contribution in [0.2, 0.25) is 0 Å². The van der Waals surface area contributed by atoms with Gasteiger partial charge in [0.05, 0.1) is 5.69 Å². The van der Waals surface area contributed by atoms with Gasteiger partial charge in [0, 0.05) is 12.0 Å². The Labute approximate surface area is 79.2 Å². The third-order valence-electron chi connectivity index (χ3n) is 1.72. The summed E-state index contributed by atoms with van der Waals surface area (Å²) in [5, 5.41) is 0. The van der Waals surface area contributed by atoms with E-state index in [2.05, 4.69) is 0 Å². The van der Waals surface area contributed by atoms with Crippen molar-refractivity contribution in [3.63, 3.8) is 0 Å². The maximum Gasteiger partial charge on any atom is 0.183 e. The molecule has 1 heterocycles. The molecule has 0 bridgehead atoms. The first kappa shape index (κ1) is 8.56. The highest BCUT2D eigenvalue weighted by Gasteiger charge is 2.15. The Kier molecular flexibility index (Phi) is 2.22. The lowest BCUT2D eigenvalue weighted by molar-refractivity contribution is 0.511. The first-order chi connectivity index (χ1) is 6.29. The van der Waals surface area contributed by atoms with Gasteiger partial charge in [-0.05, 0) is 24.1 Å². The zero-order valence-corrected chi connectivity index (χ0v) is 7.52. The van der Waals surface area contributed by atoms with E-state index in [0.29, 0.717) is 0 Å². The van der Waals surface area contributed by atoms with Gasteiger partial charge in [-0.25, -0.2) is 8.78 Å². The van der Waals surface area contributed by atoms with Crippen LogP contribution < -0.4 is 4.31 Å². The van der Waals surface area contributed by atoms with E-state index < -0.39 is 11.6 Å². The van der Waals surface area contributed by atoms with Gasteiger partial charge in [0.25, 0.3) is 0 Å². The highest BCUT2D eigenvalue weighted by molar-refractivity contribution is 8.01. The Morgan fingerprint density at radius 3 is 2.85 bits per heavy atom. The summed E-state index contributed by atoms with van der Waals surface area (Å²) in [6.45, 7) is 0. The van der Waals surface area contributed by atoms with Gasteiger partial charge in [-0.15, -0.1) is 0 Å². The molecule has 0 saturated carbocycles. The summed E-state index contributed by atoms with van der Waals surface area (Å²) in [7, 11) is 0. The largest absolute Gasteiger partial charge is 0.289 e. The van der Waals surface area contributed by atoms with Crippen LogP contribution in [0, 0.1) is 11.6 Å². The molecule has 1 aromatic rings. The van der Waals surface area contributed by atoms with Crippen molar-refractivity contribution in [3.8, 4) is 0 Å². The van der Waals surface area contributed by atoms with Crippen LogP contribution >= 0.6 is 11.9 Å². The summed E-state index contributed by atoms with van der Waals surface area (Å²) in [5.74, 6) is -0.796. The molecule has 0 unspecified atom stereocenters. The molecule has 0 N–H and O–H groups in total. The molecule has 0 spiro atoms. The molecule has 1 nitrogen and oxygen atoms in total. The SMILES string of the molecule is Fc1cccc(N2C=CCS2)c1F. The molecule has 0 aliphatic carbocycles. The van der Waals surface area contributed by atoms with Crippen LogP contribution in [-0.2, 0) is 0 Å². The molecule has 1 aliphatic heterocycles. The van der Waals surface area contributed by atoms with E-state index in [4.69, 9.17) is 0 Å². The summed E-state index contributed by atoms with van der Waals surface area (Å²) in [5.41, 5.74) is 0.277. The van der Waals surface area contributed by atoms with Gasteiger partial charge in [-0.1, -0.05) is 12.1 Å². The topological polar surface area (TPSA) is 3.24 Å². The van der Waals surface area contributed by atoms with Crippen LogP contribution in [0.1, 0.15) is 0 Å². The van der Waals surface area contributed by atoms with Crippen molar-refractivity contribution in [2.24, 2.45) is 0 Å². The smallest absolute Gasteiger partial charge is 0.183 e. The number of hydrogen-bond donors (Lipinski definition) is 0. The highest BCUT2D eigenvalue weighted by atomic mass is 32.2. The molecule has 0 saturated heterocycles. The van der Waals surface area contributed by atoms with Gasteiger partial charge < -0.3 is 0 Å². The van der Waals surface area contributed by atoms with Crippen molar-refractivity contribution in [1.82, 2.24) is 0 Å². The summed E-state index contributed by atoms with van der Waals surface area (Å²) in [6.07, 6.45) is 3.64. The quantitative estimate of drug-likeness (QED) is 0.640. The Balaban J connectivity index is 2.39. The van der Waals surface area contributed by atoms with Crippen LogP contribution in [0.15, 0.2) is 30.5 Å². The van der Waals surface area contributed by atoms with E-state index >= 15 is 0 Å². The number of rotatable bonds is 1. The van der Waals surface area contributed by atoms with Crippen LogP contribution in [-0.4, -0.2) is 5.75 Å². The van der Waals surface area contributed by atoms with Gasteiger partial charge in [-0.3, -0.25) is 4.31 Å². The first-order valence-corrected chi connectivity index (χ1v) is 4.76. The first-order valence-electron chi connectivity index (χ1n) is 3.82. The van der Waals surface area contributed by atoms with Gasteiger partial charge in [0.2, 0.25) is 0 Å². The lowest BCUT2D eigenvalue weighted by atomic mass is 10.3. The Bertz CT molecular complexity index is 351. The molecule has 4 heteroatoms. The third-order valence-corrected chi connectivity index (χ3v) is 2.66. The summed E-state index contributed by atoms with van der Waals surface area (Å²) >= 11 is 1.43. The molecule has 0 radical (unpaired) electrons. The Morgan fingerprint density at radius 2 is 2.15 bits per heavy atom. The number of anilines is 1. The molecule has 0 atom stereocenters. The van der Waals surface area contributed by atoms with Gasteiger partial charge in [0.15, 0.2) is 11.6 Å². The van der Waals surface area contributed by atoms with E-state index in [1.165, 1.54) is 18.0 Å². The molecule has 1 aromatic carbocycles. The fraction of sp³-hybridized carbons (Fsp3) is 0.111. The second-order valence-corrected chi connectivity index (χ2v) is 3.56. The normalized spacial score (nSPS) is 15.4. The van der Waals surface area contributed by atoms with E-state index in [9.17, 15) is 8.78 Å². The van der Waals surface area contributed by atoms with E-state index in [1.54, 1.807) is 16.6 Å². The average molecular weight is 199 g/mol. The molecule has 0 fully saturated rings. The predicted octanol–water partition coefficient (Wildman–Crippen LogP) is 2.95. The van der Waals surface area contributed by atoms with Crippen molar-refractivity contribution in [2.75, 3.05) is 10.1 Å². The van der Waals surface area contributed by atoms with Crippen molar-refractivity contribution in [2.45, 2.75) is 0 Å². The fourth-order valence-electron chi connectivity index (χ4n) is 1.12. The molecule has 68 valence electrons. The number of hydrogen-bond acceptors (Lipinski definition) is 2. The highest BCUT2D eigenvalue weighted by Crippen LogP contribution is 2.30. The van der Waals surface area contributed by atoms with Gasteiger partial charge in [-0.2, -0.15) is 0 Å². The second kappa shape index (κ2) is 3.38. The third kappa shape index (κ3) is 1.54. The van der Waals surface area contributed by atoms with Crippen LogP contribution in [0.3, 0.4) is 0 Å². The van der Waals surface area contributed by atoms with Crippen molar-refractivity contribution >= 4 is 17.6 Å².